The third-order valence-corrected chi connectivity index (χ3v) is 15.7. The van der Waals surface area contributed by atoms with Crippen molar-refractivity contribution < 1.29 is 25.3 Å². The number of hydrogen-bond donors (Lipinski definition) is 2. The fourth-order valence-electron chi connectivity index (χ4n) is 7.44. The van der Waals surface area contributed by atoms with Gasteiger partial charge < -0.3 is 20.4 Å². The Hall–Kier alpha value is -4.67. The molecule has 2 N–H and O–H groups in total. The lowest BCUT2D eigenvalue weighted by Crippen LogP contribution is -2.43. The quantitative estimate of drug-likeness (QED) is 0.230. The lowest BCUT2D eigenvalue weighted by atomic mass is 10.2. The smallest absolute Gasteiger partial charge is 0.269 e. The number of hydrogen-bond acceptors (Lipinski definition) is 10. The van der Waals surface area contributed by atoms with Gasteiger partial charge in [0, 0.05) is 86.9 Å². The molecule has 4 aromatic carbocycles. The molecule has 2 fully saturated rings. The van der Waals surface area contributed by atoms with E-state index in [0.29, 0.717) is 22.2 Å². The van der Waals surface area contributed by atoms with E-state index in [0.717, 1.165) is 82.5 Å². The summed E-state index contributed by atoms with van der Waals surface area (Å²) in [7, 11) is -13.8. The van der Waals surface area contributed by atoms with Crippen LogP contribution in [0.2, 0.25) is 0 Å². The lowest BCUT2D eigenvalue weighted by Gasteiger charge is -2.30. The molecule has 2 saturated heterocycles. The summed E-state index contributed by atoms with van der Waals surface area (Å²) >= 11 is 0. The van der Waals surface area contributed by atoms with Crippen LogP contribution in [0.25, 0.3) is 21.8 Å². The molecule has 15 heteroatoms. The molecule has 276 valence electrons. The van der Waals surface area contributed by atoms with E-state index >= 15 is 0 Å². The first kappa shape index (κ1) is 35.4. The molecule has 12 nitrogen and oxygen atoms in total. The monoisotopic (exact) mass is 772 g/mol. The van der Waals surface area contributed by atoms with Gasteiger partial charge in [-0.25, -0.2) is 33.2 Å². The van der Waals surface area contributed by atoms with E-state index in [2.05, 4.69) is 20.4 Å². The highest BCUT2D eigenvalue weighted by atomic mass is 32.2. The van der Waals surface area contributed by atoms with Crippen molar-refractivity contribution in [3.8, 4) is 0 Å². The zero-order valence-corrected chi connectivity index (χ0v) is 31.8. The molecule has 0 aliphatic carbocycles. The van der Waals surface area contributed by atoms with Crippen LogP contribution in [-0.4, -0.2) is 85.6 Å². The topological polar surface area (TPSA) is 143 Å². The Kier molecular flexibility index (Phi) is 8.89. The number of aromatic nitrogens is 2. The van der Waals surface area contributed by atoms with Crippen molar-refractivity contribution in [3.05, 3.63) is 108 Å². The fourth-order valence-corrected chi connectivity index (χ4v) is 13.1. The molecule has 0 bridgehead atoms. The van der Waals surface area contributed by atoms with E-state index in [1.54, 1.807) is 50.2 Å². The van der Waals surface area contributed by atoms with Gasteiger partial charge in [-0.2, -0.15) is 0 Å². The molecule has 0 saturated carbocycles. The van der Waals surface area contributed by atoms with Crippen molar-refractivity contribution in [1.82, 2.24) is 18.6 Å². The van der Waals surface area contributed by atoms with Crippen LogP contribution in [0.4, 0.5) is 11.4 Å². The summed E-state index contributed by atoms with van der Waals surface area (Å²) in [6.45, 7) is 9.60. The number of benzene rings is 4. The summed E-state index contributed by atoms with van der Waals surface area (Å²) in [4.78, 5) is 2.47. The van der Waals surface area contributed by atoms with Crippen LogP contribution in [0.1, 0.15) is 11.1 Å². The van der Waals surface area contributed by atoms with E-state index in [9.17, 15) is 25.3 Å². The van der Waals surface area contributed by atoms with Crippen LogP contribution in [-0.2, 0) is 29.9 Å². The summed E-state index contributed by atoms with van der Waals surface area (Å²) in [6.07, 6.45) is 2.88. The number of fused-ring (bicyclic) bond motifs is 2. The predicted molar refractivity (Wildman–Crippen MR) is 207 cm³/mol. The first-order valence-corrected chi connectivity index (χ1v) is 21.8. The summed E-state index contributed by atoms with van der Waals surface area (Å²) in [5.74, 6) is 0. The number of rotatable bonds is 8. The lowest BCUT2D eigenvalue weighted by molar-refractivity contribution is 0.573. The molecule has 0 amide bonds. The van der Waals surface area contributed by atoms with Gasteiger partial charge in [0.2, 0.25) is 9.84 Å². The second-order valence-corrected chi connectivity index (χ2v) is 19.0. The zero-order valence-electron chi connectivity index (χ0n) is 29.4. The van der Waals surface area contributed by atoms with Gasteiger partial charge in [0.15, 0.2) is 0 Å². The Bertz CT molecular complexity index is 2550. The minimum absolute atomic E-state index is 0.407. The minimum atomic E-state index is -4.75. The van der Waals surface area contributed by atoms with E-state index in [1.807, 2.05) is 12.1 Å². The number of nitrogens with zero attached hydrogens (tertiary/aromatic N) is 4. The normalized spacial score (nSPS) is 16.1. The van der Waals surface area contributed by atoms with Crippen molar-refractivity contribution in [3.63, 3.8) is 0 Å². The Labute approximate surface area is 309 Å². The SMILES string of the molecule is Cc1ccc(S(=O)(=O)c2ccc(C)cc2S(=O)(=O)n2ccc3c(N4CCNCC4)cccc32)c(S(=O)(=O)n2ccc3c(N4CCNCC4)cccc32)c1. The highest BCUT2D eigenvalue weighted by molar-refractivity contribution is 7.95. The first-order valence-electron chi connectivity index (χ1n) is 17.5. The highest BCUT2D eigenvalue weighted by Gasteiger charge is 2.35. The number of sulfone groups is 1. The molecular weight excluding hydrogens is 733 g/mol. The fraction of sp³-hybridized carbons (Fsp3) is 0.263. The summed E-state index contributed by atoms with van der Waals surface area (Å²) in [5.41, 5.74) is 3.64. The molecule has 2 aliphatic rings. The van der Waals surface area contributed by atoms with Crippen molar-refractivity contribution in [1.29, 1.82) is 0 Å². The van der Waals surface area contributed by atoms with Crippen molar-refractivity contribution >= 4 is 63.1 Å². The van der Waals surface area contributed by atoms with Gasteiger partial charge in [0.25, 0.3) is 20.0 Å². The maximum atomic E-state index is 14.8. The third kappa shape index (κ3) is 6.00. The van der Waals surface area contributed by atoms with Gasteiger partial charge in [-0.05, 0) is 85.6 Å². The van der Waals surface area contributed by atoms with Crippen molar-refractivity contribution in [2.75, 3.05) is 62.2 Å². The molecule has 2 aliphatic heterocycles. The highest BCUT2D eigenvalue weighted by Crippen LogP contribution is 2.38. The van der Waals surface area contributed by atoms with E-state index in [1.165, 1.54) is 48.8 Å². The van der Waals surface area contributed by atoms with Crippen LogP contribution < -0.4 is 20.4 Å². The van der Waals surface area contributed by atoms with Crippen LogP contribution >= 0.6 is 0 Å². The second kappa shape index (κ2) is 13.3. The van der Waals surface area contributed by atoms with E-state index in [-0.39, 0.29) is 0 Å². The number of piperazine rings is 2. The largest absolute Gasteiger partial charge is 0.368 e. The standard InChI is InChI=1S/C38H40N6O6S3/c1-27-9-11-35(37(25-27)52(47,48)43-19-13-29-31(5-3-7-33(29)43)41-21-15-39-16-22-41)51(45,46)36-12-10-28(2)26-38(36)53(49,50)44-20-14-30-32(6-4-8-34(30)44)42-23-17-40-18-24-42/h3-14,19-20,25-26,39-40H,15-18,21-24H2,1-2H3. The van der Waals surface area contributed by atoms with Crippen LogP contribution in [0.5, 0.6) is 0 Å². The molecule has 6 aromatic rings. The molecule has 4 heterocycles. The first-order chi connectivity index (χ1) is 25.4. The van der Waals surface area contributed by atoms with Crippen LogP contribution in [0.15, 0.2) is 117 Å². The maximum absolute atomic E-state index is 14.8. The molecule has 2 aromatic heterocycles. The third-order valence-electron chi connectivity index (χ3n) is 10.1. The summed E-state index contributed by atoms with van der Waals surface area (Å²) in [5, 5.41) is 8.10. The average Bonchev–Trinajstić information content (AvgIpc) is 3.81. The molecule has 0 spiro atoms. The van der Waals surface area contributed by atoms with Crippen LogP contribution in [0.3, 0.4) is 0 Å². The molecule has 0 radical (unpaired) electrons. The molecular formula is C38H40N6O6S3. The second-order valence-electron chi connectivity index (χ2n) is 13.5. The van der Waals surface area contributed by atoms with Gasteiger partial charge >= 0.3 is 0 Å². The number of aryl methyl sites for hydroxylation is 2. The molecule has 53 heavy (non-hydrogen) atoms. The van der Waals surface area contributed by atoms with Crippen molar-refractivity contribution in [2.45, 2.75) is 33.4 Å². The van der Waals surface area contributed by atoms with E-state index in [4.69, 9.17) is 0 Å². The van der Waals surface area contributed by atoms with E-state index < -0.39 is 49.5 Å². The Morgan fingerprint density at radius 2 is 0.887 bits per heavy atom. The van der Waals surface area contributed by atoms with Gasteiger partial charge in [-0.15, -0.1) is 0 Å². The molecule has 0 unspecified atom stereocenters. The Morgan fingerprint density at radius 1 is 0.491 bits per heavy atom. The summed E-state index contributed by atoms with van der Waals surface area (Å²) in [6, 6.07) is 22.5. The van der Waals surface area contributed by atoms with Gasteiger partial charge in [0.1, 0.15) is 9.79 Å². The Balaban J connectivity index is 1.25. The van der Waals surface area contributed by atoms with Gasteiger partial charge in [0.05, 0.1) is 20.8 Å². The average molecular weight is 773 g/mol. The Morgan fingerprint density at radius 3 is 1.28 bits per heavy atom. The van der Waals surface area contributed by atoms with Crippen LogP contribution in [0, 0.1) is 13.8 Å². The number of anilines is 2. The minimum Gasteiger partial charge on any atom is -0.368 e. The number of nitrogens with one attached hydrogen (secondary N) is 2. The molecule has 8 rings (SSSR count). The maximum Gasteiger partial charge on any atom is 0.269 e. The summed E-state index contributed by atoms with van der Waals surface area (Å²) < 4.78 is 90.3. The van der Waals surface area contributed by atoms with Crippen molar-refractivity contribution in [2.24, 2.45) is 0 Å². The zero-order chi connectivity index (χ0) is 37.1. The van der Waals surface area contributed by atoms with Gasteiger partial charge in [-0.3, -0.25) is 0 Å². The molecule has 0 atom stereocenters. The van der Waals surface area contributed by atoms with Gasteiger partial charge in [-0.1, -0.05) is 24.3 Å². The predicted octanol–water partition coefficient (Wildman–Crippen LogP) is 4.34.